The lowest BCUT2D eigenvalue weighted by molar-refractivity contribution is -0.113. The molecule has 0 atom stereocenters. The van der Waals surface area contributed by atoms with Crippen molar-refractivity contribution < 1.29 is 4.79 Å². The number of anilines is 1. The number of carbonyl (C=O) groups is 1. The number of para-hydroxylation sites is 1. The number of hydrogen-bond acceptors (Lipinski definition) is 4. The highest BCUT2D eigenvalue weighted by Crippen LogP contribution is 2.25. The van der Waals surface area contributed by atoms with Gasteiger partial charge in [0.05, 0.1) is 11.4 Å². The van der Waals surface area contributed by atoms with Gasteiger partial charge in [0.2, 0.25) is 5.91 Å². The molecular weight excluding hydrogens is 332 g/mol. The molecule has 3 aromatic rings. The zero-order valence-corrected chi connectivity index (χ0v) is 15.3. The van der Waals surface area contributed by atoms with Crippen LogP contribution in [0, 0.1) is 20.8 Å². The average Bonchev–Trinajstić information content (AvgIpc) is 2.97. The Morgan fingerprint density at radius 3 is 2.60 bits per heavy atom. The fourth-order valence-corrected chi connectivity index (χ4v) is 3.31. The first kappa shape index (κ1) is 17.2. The first-order valence-electron chi connectivity index (χ1n) is 8.02. The maximum atomic E-state index is 12.2. The summed E-state index contributed by atoms with van der Waals surface area (Å²) in [4.78, 5) is 12.2. The summed E-state index contributed by atoms with van der Waals surface area (Å²) in [6.45, 7) is 6.04. The number of nitrogens with zero attached hydrogens (tertiary/aromatic N) is 3. The van der Waals surface area contributed by atoms with Crippen molar-refractivity contribution in [2.24, 2.45) is 0 Å². The van der Waals surface area contributed by atoms with E-state index in [0.717, 1.165) is 27.9 Å². The van der Waals surface area contributed by atoms with Crippen LogP contribution in [-0.4, -0.2) is 26.4 Å². The molecule has 5 nitrogen and oxygen atoms in total. The third-order valence-electron chi connectivity index (χ3n) is 3.79. The van der Waals surface area contributed by atoms with Crippen molar-refractivity contribution in [3.8, 4) is 5.69 Å². The van der Waals surface area contributed by atoms with Gasteiger partial charge in [0.25, 0.3) is 0 Å². The number of hydrogen-bond donors (Lipinski definition) is 1. The van der Waals surface area contributed by atoms with Crippen LogP contribution in [-0.2, 0) is 4.79 Å². The van der Waals surface area contributed by atoms with Crippen LogP contribution in [0.1, 0.15) is 17.0 Å². The zero-order valence-electron chi connectivity index (χ0n) is 14.5. The van der Waals surface area contributed by atoms with Crippen LogP contribution in [0.2, 0.25) is 0 Å². The molecule has 0 fully saturated rings. The molecule has 1 aromatic heterocycles. The molecule has 128 valence electrons. The predicted molar refractivity (Wildman–Crippen MR) is 101 cm³/mol. The topological polar surface area (TPSA) is 59.8 Å². The molecule has 1 amide bonds. The van der Waals surface area contributed by atoms with Crippen molar-refractivity contribution in [2.45, 2.75) is 25.9 Å². The van der Waals surface area contributed by atoms with Crippen LogP contribution < -0.4 is 5.32 Å². The van der Waals surface area contributed by atoms with Gasteiger partial charge < -0.3 is 5.32 Å². The second-order valence-electron chi connectivity index (χ2n) is 5.86. The minimum absolute atomic E-state index is 0.0654. The summed E-state index contributed by atoms with van der Waals surface area (Å²) in [5.41, 5.74) is 4.16. The van der Waals surface area contributed by atoms with Crippen LogP contribution in [0.25, 0.3) is 5.69 Å². The van der Waals surface area contributed by atoms with Crippen molar-refractivity contribution in [3.05, 3.63) is 65.5 Å². The van der Waals surface area contributed by atoms with E-state index < -0.39 is 0 Å². The number of carbonyl (C=O) groups excluding carboxylic acids is 1. The highest BCUT2D eigenvalue weighted by atomic mass is 32.2. The molecule has 0 aliphatic carbocycles. The minimum atomic E-state index is -0.0654. The maximum Gasteiger partial charge on any atom is 0.234 e. The Labute approximate surface area is 151 Å². The molecular formula is C19H20N4OS. The Morgan fingerprint density at radius 1 is 1.08 bits per heavy atom. The predicted octanol–water partition coefficient (Wildman–Crippen LogP) is 3.92. The van der Waals surface area contributed by atoms with E-state index in [2.05, 4.69) is 47.6 Å². The van der Waals surface area contributed by atoms with Gasteiger partial charge in [0.1, 0.15) is 5.82 Å². The number of rotatable bonds is 5. The Balaban J connectivity index is 1.76. The molecule has 0 radical (unpaired) electrons. The highest BCUT2D eigenvalue weighted by molar-refractivity contribution is 7.99. The lowest BCUT2D eigenvalue weighted by Gasteiger charge is -2.12. The van der Waals surface area contributed by atoms with Gasteiger partial charge in [-0.1, -0.05) is 42.1 Å². The molecule has 0 spiro atoms. The van der Waals surface area contributed by atoms with Gasteiger partial charge in [0.15, 0.2) is 5.16 Å². The van der Waals surface area contributed by atoms with Crippen LogP contribution in [0.3, 0.4) is 0 Å². The molecule has 1 N–H and O–H groups in total. The van der Waals surface area contributed by atoms with E-state index in [1.165, 1.54) is 17.3 Å². The normalized spacial score (nSPS) is 10.7. The van der Waals surface area contributed by atoms with Gasteiger partial charge >= 0.3 is 0 Å². The first-order chi connectivity index (χ1) is 12.0. The fourth-order valence-electron chi connectivity index (χ4n) is 2.52. The molecule has 3 rings (SSSR count). The van der Waals surface area contributed by atoms with E-state index in [0.29, 0.717) is 0 Å². The summed E-state index contributed by atoms with van der Waals surface area (Å²) < 4.78 is 2.00. The van der Waals surface area contributed by atoms with Crippen LogP contribution in [0.4, 0.5) is 5.69 Å². The van der Waals surface area contributed by atoms with Crippen LogP contribution in [0.15, 0.2) is 53.7 Å². The summed E-state index contributed by atoms with van der Waals surface area (Å²) in [6, 6.07) is 15.7. The third-order valence-corrected chi connectivity index (χ3v) is 4.72. The van der Waals surface area contributed by atoms with E-state index in [4.69, 9.17) is 0 Å². The number of benzene rings is 2. The molecule has 0 saturated heterocycles. The molecule has 0 saturated carbocycles. The van der Waals surface area contributed by atoms with Crippen LogP contribution >= 0.6 is 11.8 Å². The smallest absolute Gasteiger partial charge is 0.234 e. The Bertz CT molecular complexity index is 890. The van der Waals surface area contributed by atoms with Crippen LogP contribution in [0.5, 0.6) is 0 Å². The van der Waals surface area contributed by atoms with E-state index >= 15 is 0 Å². The number of thioether (sulfide) groups is 1. The van der Waals surface area contributed by atoms with Gasteiger partial charge in [0, 0.05) is 5.69 Å². The SMILES string of the molecule is Cc1ccc(C)c(-n2c(C)nnc2SCC(=O)Nc2ccccc2)c1. The molecule has 0 aliphatic rings. The number of aromatic nitrogens is 3. The molecule has 6 heteroatoms. The maximum absolute atomic E-state index is 12.2. The first-order valence-corrected chi connectivity index (χ1v) is 9.00. The fraction of sp³-hybridized carbons (Fsp3) is 0.211. The molecule has 2 aromatic carbocycles. The summed E-state index contributed by atoms with van der Waals surface area (Å²) >= 11 is 1.38. The second kappa shape index (κ2) is 7.53. The lowest BCUT2D eigenvalue weighted by atomic mass is 10.1. The summed E-state index contributed by atoms with van der Waals surface area (Å²) in [5.74, 6) is 1.02. The van der Waals surface area contributed by atoms with E-state index in [1.807, 2.05) is 41.8 Å². The quantitative estimate of drug-likeness (QED) is 0.707. The second-order valence-corrected chi connectivity index (χ2v) is 6.80. The lowest BCUT2D eigenvalue weighted by Crippen LogP contribution is -2.14. The Morgan fingerprint density at radius 2 is 1.84 bits per heavy atom. The van der Waals surface area contributed by atoms with Crippen molar-refractivity contribution in [3.63, 3.8) is 0 Å². The molecule has 25 heavy (non-hydrogen) atoms. The molecule has 1 heterocycles. The van der Waals surface area contributed by atoms with Crippen molar-refractivity contribution in [1.82, 2.24) is 14.8 Å². The molecule has 0 bridgehead atoms. The van der Waals surface area contributed by atoms with Gasteiger partial charge in [-0.05, 0) is 50.1 Å². The van der Waals surface area contributed by atoms with E-state index in [1.54, 1.807) is 0 Å². The largest absolute Gasteiger partial charge is 0.325 e. The van der Waals surface area contributed by atoms with Gasteiger partial charge in [-0.3, -0.25) is 9.36 Å². The monoisotopic (exact) mass is 352 g/mol. The Kier molecular flexibility index (Phi) is 5.19. The number of aryl methyl sites for hydroxylation is 3. The van der Waals surface area contributed by atoms with E-state index in [-0.39, 0.29) is 11.7 Å². The number of amides is 1. The Hall–Kier alpha value is -2.60. The minimum Gasteiger partial charge on any atom is -0.325 e. The summed E-state index contributed by atoms with van der Waals surface area (Å²) in [7, 11) is 0. The van der Waals surface area contributed by atoms with Crippen molar-refractivity contribution in [2.75, 3.05) is 11.1 Å². The summed E-state index contributed by atoms with van der Waals surface area (Å²) in [5, 5.41) is 12.0. The number of nitrogens with one attached hydrogen (secondary N) is 1. The van der Waals surface area contributed by atoms with Crippen molar-refractivity contribution in [1.29, 1.82) is 0 Å². The van der Waals surface area contributed by atoms with Gasteiger partial charge in [-0.15, -0.1) is 10.2 Å². The van der Waals surface area contributed by atoms with Crippen molar-refractivity contribution >= 4 is 23.4 Å². The molecule has 0 aliphatic heterocycles. The van der Waals surface area contributed by atoms with Gasteiger partial charge in [-0.25, -0.2) is 0 Å². The summed E-state index contributed by atoms with van der Waals surface area (Å²) in [6.07, 6.45) is 0. The highest BCUT2D eigenvalue weighted by Gasteiger charge is 2.15. The standard InChI is InChI=1S/C19H20N4OS/c1-13-9-10-14(2)17(11-13)23-15(3)21-22-19(23)25-12-18(24)20-16-7-5-4-6-8-16/h4-11H,12H2,1-3H3,(H,20,24). The van der Waals surface area contributed by atoms with Gasteiger partial charge in [-0.2, -0.15) is 0 Å². The van der Waals surface area contributed by atoms with E-state index in [9.17, 15) is 4.79 Å². The average molecular weight is 352 g/mol. The molecule has 0 unspecified atom stereocenters. The third kappa shape index (κ3) is 4.09. The zero-order chi connectivity index (χ0) is 17.8.